The Morgan fingerprint density at radius 2 is 2.00 bits per heavy atom. The van der Waals surface area contributed by atoms with Crippen LogP contribution in [0.1, 0.15) is 5.56 Å². The van der Waals surface area contributed by atoms with Gasteiger partial charge in [0.25, 0.3) is 5.69 Å². The van der Waals surface area contributed by atoms with Gasteiger partial charge in [-0.05, 0) is 22.9 Å². The van der Waals surface area contributed by atoms with Gasteiger partial charge >= 0.3 is 0 Å². The summed E-state index contributed by atoms with van der Waals surface area (Å²) < 4.78 is 0.499. The highest BCUT2D eigenvalue weighted by molar-refractivity contribution is 9.10. The monoisotopic (exact) mass is 319 g/mol. The van der Waals surface area contributed by atoms with Crippen molar-refractivity contribution in [2.75, 3.05) is 31.2 Å². The summed E-state index contributed by atoms with van der Waals surface area (Å²) in [6, 6.07) is 0. The number of hydrogen-bond donors (Lipinski definition) is 2. The summed E-state index contributed by atoms with van der Waals surface area (Å²) in [7, 11) is 0. The van der Waals surface area contributed by atoms with Crippen LogP contribution in [-0.2, 0) is 0 Å². The first-order valence-electron chi connectivity index (χ1n) is 5.29. The van der Waals surface area contributed by atoms with Crippen LogP contribution >= 0.6 is 15.9 Å². The first kappa shape index (κ1) is 14.8. The number of aromatic nitrogens is 1. The minimum atomic E-state index is -0.501. The second-order valence-corrected chi connectivity index (χ2v) is 4.39. The minimum Gasteiger partial charge on any atom is -0.395 e. The summed E-state index contributed by atoms with van der Waals surface area (Å²) in [4.78, 5) is 15.9. The van der Waals surface area contributed by atoms with Gasteiger partial charge in [0.2, 0.25) is 0 Å². The van der Waals surface area contributed by atoms with Crippen molar-refractivity contribution in [2.24, 2.45) is 0 Å². The maximum Gasteiger partial charge on any atom is 0.291 e. The molecule has 0 saturated carbocycles. The number of rotatable bonds is 6. The molecule has 0 unspecified atom stereocenters. The van der Waals surface area contributed by atoms with E-state index in [9.17, 15) is 10.1 Å². The van der Waals surface area contributed by atoms with Crippen LogP contribution in [0.4, 0.5) is 11.5 Å². The van der Waals surface area contributed by atoms with Crippen molar-refractivity contribution in [3.63, 3.8) is 0 Å². The van der Waals surface area contributed by atoms with Crippen molar-refractivity contribution in [1.82, 2.24) is 4.98 Å². The molecule has 8 heteroatoms. The van der Waals surface area contributed by atoms with E-state index >= 15 is 0 Å². The highest BCUT2D eigenvalue weighted by atomic mass is 79.9. The molecule has 1 aromatic heterocycles. The van der Waals surface area contributed by atoms with Gasteiger partial charge in [-0.3, -0.25) is 10.1 Å². The van der Waals surface area contributed by atoms with Crippen LogP contribution in [0.5, 0.6) is 0 Å². The molecule has 7 nitrogen and oxygen atoms in total. The van der Waals surface area contributed by atoms with E-state index < -0.39 is 4.92 Å². The topological polar surface area (TPSA) is 99.7 Å². The van der Waals surface area contributed by atoms with Gasteiger partial charge in [0.1, 0.15) is 12.0 Å². The van der Waals surface area contributed by atoms with E-state index in [4.69, 9.17) is 10.2 Å². The first-order valence-corrected chi connectivity index (χ1v) is 6.08. The molecule has 0 aliphatic rings. The smallest absolute Gasteiger partial charge is 0.291 e. The van der Waals surface area contributed by atoms with Gasteiger partial charge in [0.15, 0.2) is 0 Å². The molecule has 1 aromatic rings. The number of aliphatic hydroxyl groups excluding tert-OH is 2. The van der Waals surface area contributed by atoms with E-state index in [1.54, 1.807) is 11.8 Å². The van der Waals surface area contributed by atoms with Gasteiger partial charge in [-0.2, -0.15) is 0 Å². The molecule has 18 heavy (non-hydrogen) atoms. The van der Waals surface area contributed by atoms with Crippen molar-refractivity contribution in [1.29, 1.82) is 0 Å². The van der Waals surface area contributed by atoms with Gasteiger partial charge in [-0.15, -0.1) is 0 Å². The maximum atomic E-state index is 10.8. The predicted molar refractivity (Wildman–Crippen MR) is 69.7 cm³/mol. The second kappa shape index (κ2) is 6.62. The van der Waals surface area contributed by atoms with Crippen LogP contribution in [-0.4, -0.2) is 46.4 Å². The second-order valence-electron chi connectivity index (χ2n) is 3.60. The van der Waals surface area contributed by atoms with Crippen LogP contribution in [0.2, 0.25) is 0 Å². The Bertz CT molecular complexity index is 435. The fraction of sp³-hybridized carbons (Fsp3) is 0.500. The number of pyridine rings is 1. The van der Waals surface area contributed by atoms with E-state index in [-0.39, 0.29) is 18.9 Å². The third-order valence-corrected chi connectivity index (χ3v) is 3.40. The molecule has 0 fully saturated rings. The Morgan fingerprint density at radius 1 is 1.44 bits per heavy atom. The summed E-state index contributed by atoms with van der Waals surface area (Å²) in [6.45, 7) is 2.02. The largest absolute Gasteiger partial charge is 0.395 e. The number of anilines is 1. The molecule has 1 heterocycles. The lowest BCUT2D eigenvalue weighted by Crippen LogP contribution is -2.31. The molecule has 0 amide bonds. The highest BCUT2D eigenvalue weighted by Gasteiger charge is 2.20. The third-order valence-electron chi connectivity index (χ3n) is 2.45. The normalized spacial score (nSPS) is 10.4. The summed E-state index contributed by atoms with van der Waals surface area (Å²) in [5, 5.41) is 28.7. The lowest BCUT2D eigenvalue weighted by molar-refractivity contribution is -0.385. The SMILES string of the molecule is Cc1c([N+](=O)[O-])cnc(N(CCO)CCO)c1Br. The predicted octanol–water partition coefficient (Wildman–Crippen LogP) is 0.852. The summed E-state index contributed by atoms with van der Waals surface area (Å²) >= 11 is 3.27. The number of halogens is 1. The average molecular weight is 320 g/mol. The first-order chi connectivity index (χ1) is 8.52. The van der Waals surface area contributed by atoms with Crippen molar-refractivity contribution >= 4 is 27.4 Å². The van der Waals surface area contributed by atoms with Gasteiger partial charge < -0.3 is 15.1 Å². The molecule has 1 rings (SSSR count). The average Bonchev–Trinajstić information content (AvgIpc) is 2.32. The van der Waals surface area contributed by atoms with Crippen LogP contribution in [0.3, 0.4) is 0 Å². The zero-order chi connectivity index (χ0) is 13.7. The van der Waals surface area contributed by atoms with Gasteiger partial charge in [0, 0.05) is 18.7 Å². The van der Waals surface area contributed by atoms with Crippen LogP contribution < -0.4 is 4.90 Å². The molecule has 0 bridgehead atoms. The molecule has 0 aliphatic heterocycles. The number of aliphatic hydroxyl groups is 2. The molecular formula is C10H14BrN3O4. The highest BCUT2D eigenvalue weighted by Crippen LogP contribution is 2.32. The molecule has 100 valence electrons. The zero-order valence-electron chi connectivity index (χ0n) is 9.84. The minimum absolute atomic E-state index is 0.0708. The molecule has 0 spiro atoms. The lowest BCUT2D eigenvalue weighted by Gasteiger charge is -2.23. The summed E-state index contributed by atoms with van der Waals surface area (Å²) in [6.07, 6.45) is 1.18. The number of nitro groups is 1. The number of hydrogen-bond acceptors (Lipinski definition) is 6. The van der Waals surface area contributed by atoms with Gasteiger partial charge in [-0.1, -0.05) is 0 Å². The van der Waals surface area contributed by atoms with E-state index in [1.165, 1.54) is 6.20 Å². The Balaban J connectivity index is 3.16. The van der Waals surface area contributed by atoms with E-state index in [2.05, 4.69) is 20.9 Å². The van der Waals surface area contributed by atoms with Gasteiger partial charge in [-0.25, -0.2) is 4.98 Å². The van der Waals surface area contributed by atoms with Gasteiger partial charge in [0.05, 0.1) is 22.6 Å². The molecule has 0 aromatic carbocycles. The van der Waals surface area contributed by atoms with Crippen molar-refractivity contribution in [3.8, 4) is 0 Å². The Labute approximate surface area is 112 Å². The van der Waals surface area contributed by atoms with Crippen LogP contribution in [0, 0.1) is 17.0 Å². The fourth-order valence-corrected chi connectivity index (χ4v) is 2.08. The van der Waals surface area contributed by atoms with E-state index in [1.807, 2.05) is 0 Å². The van der Waals surface area contributed by atoms with E-state index in [0.29, 0.717) is 28.9 Å². The van der Waals surface area contributed by atoms with Crippen LogP contribution in [0.25, 0.3) is 0 Å². The van der Waals surface area contributed by atoms with Crippen LogP contribution in [0.15, 0.2) is 10.7 Å². The summed E-state index contributed by atoms with van der Waals surface area (Å²) in [5.41, 5.74) is 0.393. The molecule has 0 atom stereocenters. The fourth-order valence-electron chi connectivity index (χ4n) is 1.53. The van der Waals surface area contributed by atoms with E-state index in [0.717, 1.165) is 0 Å². The Hall–Kier alpha value is -1.25. The standard InChI is InChI=1S/C10H14BrN3O4/c1-7-8(14(17)18)6-12-10(9(7)11)13(2-4-15)3-5-16/h6,15-16H,2-5H2,1H3. The van der Waals surface area contributed by atoms with Crippen molar-refractivity contribution in [2.45, 2.75) is 6.92 Å². The maximum absolute atomic E-state index is 10.8. The third kappa shape index (κ3) is 3.15. The molecule has 0 aliphatic carbocycles. The molecule has 0 saturated heterocycles. The number of nitrogens with zero attached hydrogens (tertiary/aromatic N) is 3. The Kier molecular flexibility index (Phi) is 5.45. The summed E-state index contributed by atoms with van der Waals surface area (Å²) in [5.74, 6) is 0.473. The molecule has 2 N–H and O–H groups in total. The Morgan fingerprint density at radius 3 is 2.44 bits per heavy atom. The lowest BCUT2D eigenvalue weighted by atomic mass is 10.2. The molecule has 0 radical (unpaired) electrons. The van der Waals surface area contributed by atoms with Crippen molar-refractivity contribution in [3.05, 3.63) is 26.3 Å². The molecular weight excluding hydrogens is 306 g/mol. The van der Waals surface area contributed by atoms with Crippen molar-refractivity contribution < 1.29 is 15.1 Å². The zero-order valence-corrected chi connectivity index (χ0v) is 11.4. The quantitative estimate of drug-likeness (QED) is 0.595.